The van der Waals surface area contributed by atoms with Crippen LogP contribution in [0.4, 0.5) is 0 Å². The number of fused-ring (bicyclic) bond motifs is 1. The van der Waals surface area contributed by atoms with Crippen LogP contribution in [-0.4, -0.2) is 19.6 Å². The fourth-order valence-corrected chi connectivity index (χ4v) is 8.07. The third-order valence-electron chi connectivity index (χ3n) is 11.8. The molecule has 324 valence electrons. The Morgan fingerprint density at radius 3 is 1.76 bits per heavy atom. The van der Waals surface area contributed by atoms with Gasteiger partial charge < -0.3 is 5.11 Å². The molecule has 8 rings (SSSR count). The summed E-state index contributed by atoms with van der Waals surface area (Å²) in [6.07, 6.45) is -0.199. The van der Waals surface area contributed by atoms with E-state index in [9.17, 15) is 6.48 Å². The van der Waals surface area contributed by atoms with E-state index in [1.807, 2.05) is 48.5 Å². The standard InChI is InChI=1S/C58H60N3O.Pt/c1-55(2,3)42-26-27-50(46(34-42)38-22-17-14-18-23-38)61-51-25-19-24-45(52(51)60-54(61)47-35-44(57(7,8)9)36-48(53(47)62)58(10,11)12)40-30-41(32-43(31-40)56(4,5)6)49-33-39(28-29-59-49)37-20-15-13-16-21-37;/h13-29,31-36,62H,1-12H3;/q-1;/i28D,29D,33D;. The molecule has 6 aromatic carbocycles. The van der Waals surface area contributed by atoms with Gasteiger partial charge in [0.25, 0.3) is 0 Å². The Morgan fingerprint density at radius 2 is 1.14 bits per heavy atom. The minimum absolute atomic E-state index is 0. The zero-order chi connectivity index (χ0) is 47.0. The zero-order valence-corrected chi connectivity index (χ0v) is 40.9. The number of phenols is 1. The fourth-order valence-electron chi connectivity index (χ4n) is 8.07. The van der Waals surface area contributed by atoms with Gasteiger partial charge in [0.15, 0.2) is 0 Å². The summed E-state index contributed by atoms with van der Waals surface area (Å²) in [6.45, 7) is 26.2. The summed E-state index contributed by atoms with van der Waals surface area (Å²) in [4.78, 5) is 10.2. The van der Waals surface area contributed by atoms with Crippen LogP contribution in [0.25, 0.3) is 72.7 Å². The summed E-state index contributed by atoms with van der Waals surface area (Å²) < 4.78 is 29.3. The van der Waals surface area contributed by atoms with E-state index in [-0.39, 0.29) is 66.7 Å². The van der Waals surface area contributed by atoms with Crippen LogP contribution in [0.5, 0.6) is 5.75 Å². The molecule has 0 saturated heterocycles. The maximum Gasteiger partial charge on any atom is 0.148 e. The zero-order valence-electron chi connectivity index (χ0n) is 41.7. The van der Waals surface area contributed by atoms with E-state index in [1.54, 1.807) is 0 Å². The average Bonchev–Trinajstić information content (AvgIpc) is 3.63. The second-order valence-corrected chi connectivity index (χ2v) is 20.7. The number of aromatic nitrogens is 3. The van der Waals surface area contributed by atoms with Gasteiger partial charge in [0.05, 0.1) is 26.4 Å². The van der Waals surface area contributed by atoms with Crippen LogP contribution < -0.4 is 0 Å². The second-order valence-electron chi connectivity index (χ2n) is 20.7. The van der Waals surface area contributed by atoms with Crippen LogP contribution in [0.15, 0.2) is 140 Å². The van der Waals surface area contributed by atoms with Gasteiger partial charge in [-0.25, -0.2) is 4.98 Å². The van der Waals surface area contributed by atoms with Gasteiger partial charge in [-0.15, -0.1) is 29.3 Å². The molecular weight excluding hydrogens is 950 g/mol. The number of rotatable bonds is 6. The summed E-state index contributed by atoms with van der Waals surface area (Å²) in [7, 11) is 0. The third kappa shape index (κ3) is 9.11. The number of pyridine rings is 1. The molecular formula is C58H60N3OPt-. The van der Waals surface area contributed by atoms with E-state index in [4.69, 9.17) is 7.73 Å². The molecule has 0 fully saturated rings. The number of hydrogen-bond donors (Lipinski definition) is 1. The number of imidazole rings is 1. The van der Waals surface area contributed by atoms with Gasteiger partial charge in [0, 0.05) is 44.1 Å². The predicted molar refractivity (Wildman–Crippen MR) is 261 cm³/mol. The summed E-state index contributed by atoms with van der Waals surface area (Å²) >= 11 is 0. The van der Waals surface area contributed by atoms with E-state index in [0.717, 1.165) is 55.7 Å². The first-order valence-corrected chi connectivity index (χ1v) is 21.7. The molecule has 0 aliphatic carbocycles. The fraction of sp³-hybridized carbons (Fsp3) is 0.276. The van der Waals surface area contributed by atoms with Crippen molar-refractivity contribution in [1.82, 2.24) is 14.5 Å². The van der Waals surface area contributed by atoms with Crippen molar-refractivity contribution in [3.05, 3.63) is 168 Å². The normalized spacial score (nSPS) is 13.0. The second kappa shape index (κ2) is 16.9. The molecule has 0 atom stereocenters. The quantitative estimate of drug-likeness (QED) is 0.169. The van der Waals surface area contributed by atoms with E-state index in [1.165, 1.54) is 5.56 Å². The summed E-state index contributed by atoms with van der Waals surface area (Å²) in [5.41, 5.74) is 11.9. The van der Waals surface area contributed by atoms with Crippen molar-refractivity contribution >= 4 is 11.0 Å². The summed E-state index contributed by atoms with van der Waals surface area (Å²) in [6, 6.07) is 44.8. The molecule has 0 saturated carbocycles. The van der Waals surface area contributed by atoms with E-state index in [2.05, 4.69) is 171 Å². The Bertz CT molecular complexity index is 3110. The molecule has 0 unspecified atom stereocenters. The number of hydrogen-bond acceptors (Lipinski definition) is 3. The maximum atomic E-state index is 12.5. The van der Waals surface area contributed by atoms with Crippen LogP contribution >= 0.6 is 0 Å². The van der Waals surface area contributed by atoms with Crippen LogP contribution in [-0.2, 0) is 42.7 Å². The van der Waals surface area contributed by atoms with Gasteiger partial charge in [-0.2, -0.15) is 0 Å². The molecule has 0 bridgehead atoms. The molecule has 2 heterocycles. The van der Waals surface area contributed by atoms with Crippen molar-refractivity contribution in [2.75, 3.05) is 0 Å². The number of benzene rings is 6. The molecule has 8 aromatic rings. The van der Waals surface area contributed by atoms with Gasteiger partial charge in [-0.3, -0.25) is 9.55 Å². The molecule has 1 N–H and O–H groups in total. The van der Waals surface area contributed by atoms with E-state index >= 15 is 0 Å². The molecule has 0 radical (unpaired) electrons. The molecule has 4 nitrogen and oxygen atoms in total. The van der Waals surface area contributed by atoms with Crippen molar-refractivity contribution in [2.45, 2.75) is 105 Å². The largest absolute Gasteiger partial charge is 0.507 e. The summed E-state index contributed by atoms with van der Waals surface area (Å²) in [5, 5.41) is 12.5. The Morgan fingerprint density at radius 1 is 0.556 bits per heavy atom. The van der Waals surface area contributed by atoms with Crippen LogP contribution in [0.1, 0.15) is 109 Å². The number of phenolic OH excluding ortho intramolecular Hbond substituents is 1. The number of nitrogens with zero attached hydrogens (tertiary/aromatic N) is 3. The third-order valence-corrected chi connectivity index (χ3v) is 11.8. The Kier molecular flexibility index (Phi) is 11.1. The van der Waals surface area contributed by atoms with Crippen molar-refractivity contribution in [3.8, 4) is 67.5 Å². The first-order chi connectivity index (χ1) is 30.4. The van der Waals surface area contributed by atoms with Crippen molar-refractivity contribution < 1.29 is 30.3 Å². The molecule has 0 spiro atoms. The van der Waals surface area contributed by atoms with Gasteiger partial charge in [-0.1, -0.05) is 185 Å². The molecule has 0 amide bonds. The molecule has 5 heteroatoms. The van der Waals surface area contributed by atoms with E-state index in [0.29, 0.717) is 33.8 Å². The van der Waals surface area contributed by atoms with Gasteiger partial charge >= 0.3 is 0 Å². The predicted octanol–water partition coefficient (Wildman–Crippen LogP) is 15.4. The molecule has 63 heavy (non-hydrogen) atoms. The first-order valence-electron chi connectivity index (χ1n) is 23.2. The molecule has 2 aromatic heterocycles. The SMILES string of the molecule is [2H]c1nc(-c2[c-]c(-c3cccc4c3nc(-c3cc(C(C)(C)C)cc(C(C)(C)C)c3O)n4-c3ccc(C(C)(C)C)cc3-c3ccccc3)cc(C(C)(C)C)c2)c([2H])c(-c2ccccc2)c1[2H].[Pt]. The van der Waals surface area contributed by atoms with Gasteiger partial charge in [0.2, 0.25) is 0 Å². The smallest absolute Gasteiger partial charge is 0.148 e. The average molecular weight is 1010 g/mol. The Labute approximate surface area is 394 Å². The van der Waals surface area contributed by atoms with Crippen LogP contribution in [0.2, 0.25) is 0 Å². The van der Waals surface area contributed by atoms with Gasteiger partial charge in [0.1, 0.15) is 11.6 Å². The van der Waals surface area contributed by atoms with Crippen LogP contribution in [0, 0.1) is 6.07 Å². The summed E-state index contributed by atoms with van der Waals surface area (Å²) in [5.74, 6) is 0.814. The van der Waals surface area contributed by atoms with Gasteiger partial charge in [-0.05, 0) is 79.8 Å². The van der Waals surface area contributed by atoms with Crippen molar-refractivity contribution in [3.63, 3.8) is 0 Å². The van der Waals surface area contributed by atoms with Crippen LogP contribution in [0.3, 0.4) is 0 Å². The Hall–Kier alpha value is -5.57. The maximum absolute atomic E-state index is 12.5. The molecule has 0 aliphatic rings. The van der Waals surface area contributed by atoms with Crippen molar-refractivity contribution in [1.29, 1.82) is 0 Å². The molecule has 0 aliphatic heterocycles. The minimum Gasteiger partial charge on any atom is -0.507 e. The topological polar surface area (TPSA) is 50.9 Å². The monoisotopic (exact) mass is 1010 g/mol. The van der Waals surface area contributed by atoms with E-state index < -0.39 is 0 Å². The first kappa shape index (κ1) is 41.4. The number of para-hydroxylation sites is 1. The van der Waals surface area contributed by atoms with Crippen molar-refractivity contribution in [2.24, 2.45) is 0 Å². The number of aromatic hydroxyl groups is 1. The minimum atomic E-state index is -0.368. The Balaban J connectivity index is 0.00000648.